The molecule has 0 saturated carbocycles. The Labute approximate surface area is 232 Å². The van der Waals surface area contributed by atoms with Gasteiger partial charge in [-0.05, 0) is 6.42 Å². The van der Waals surface area contributed by atoms with Gasteiger partial charge >= 0.3 is 47.9 Å². The number of esters is 5. The first kappa shape index (κ1) is 34.5. The van der Waals surface area contributed by atoms with Crippen molar-refractivity contribution in [2.24, 2.45) is 0 Å². The Morgan fingerprint density at radius 1 is 0.833 bits per heavy atom. The van der Waals surface area contributed by atoms with Gasteiger partial charge in [-0.1, -0.05) is 0 Å². The molecule has 2 aliphatic heterocycles. The molecule has 2 saturated heterocycles. The molecule has 0 aliphatic carbocycles. The van der Waals surface area contributed by atoms with Gasteiger partial charge in [-0.3, -0.25) is 34.1 Å². The summed E-state index contributed by atoms with van der Waals surface area (Å²) in [4.78, 5) is 71.3. The fourth-order valence-electron chi connectivity index (χ4n) is 4.04. The molecule has 0 radical (unpaired) electrons. The Balaban J connectivity index is 2.28. The average molecular weight is 624 g/mol. The molecule has 2 fully saturated rings. The highest BCUT2D eigenvalue weighted by Gasteiger charge is 2.78. The van der Waals surface area contributed by atoms with E-state index in [0.717, 1.165) is 33.0 Å². The van der Waals surface area contributed by atoms with Crippen LogP contribution in [0, 0.1) is 0 Å². The van der Waals surface area contributed by atoms with Crippen molar-refractivity contribution in [1.82, 2.24) is 10.6 Å². The van der Waals surface area contributed by atoms with Gasteiger partial charge in [-0.25, -0.2) is 0 Å². The Morgan fingerprint density at radius 2 is 1.33 bits per heavy atom. The minimum Gasteiger partial charge on any atom is -0.463 e. The van der Waals surface area contributed by atoms with Gasteiger partial charge < -0.3 is 33.7 Å². The number of hydrogen-bond donors (Lipinski definition) is 2. The number of nitrogens with one attached hydrogen (secondary N) is 2. The van der Waals surface area contributed by atoms with E-state index in [0.29, 0.717) is 0 Å². The van der Waals surface area contributed by atoms with E-state index in [-0.39, 0.29) is 0 Å². The Morgan fingerprint density at radius 3 is 1.79 bits per heavy atom. The highest BCUT2D eigenvalue weighted by Crippen LogP contribution is 2.47. The number of carbonyl (C=O) groups excluding carboxylic acids is 6. The van der Waals surface area contributed by atoms with Gasteiger partial charge in [0, 0.05) is 34.1 Å². The molecule has 0 bridgehead atoms. The minimum absolute atomic E-state index is 0.640. The molecule has 2 N–H and O–H groups in total. The van der Waals surface area contributed by atoms with E-state index in [9.17, 15) is 55.1 Å². The number of amides is 1. The zero-order valence-electron chi connectivity index (χ0n) is 22.3. The topological polar surface area (TPSA) is 182 Å². The monoisotopic (exact) mass is 624 g/mol. The predicted octanol–water partition coefficient (Wildman–Crippen LogP) is 0.302. The summed E-state index contributed by atoms with van der Waals surface area (Å²) in [5.41, 5.74) is -4.99. The second kappa shape index (κ2) is 13.1. The van der Waals surface area contributed by atoms with Crippen LogP contribution in [-0.4, -0.2) is 97.1 Å². The van der Waals surface area contributed by atoms with E-state index in [1.807, 2.05) is 0 Å². The summed E-state index contributed by atoms with van der Waals surface area (Å²) in [5, 5.41) is 3.21. The molecule has 0 unspecified atom stereocenters. The summed E-state index contributed by atoms with van der Waals surface area (Å²) in [5.74, 6) is -6.81. The lowest BCUT2D eigenvalue weighted by molar-refractivity contribution is -0.369. The number of ether oxygens (including phenoxy) is 6. The van der Waals surface area contributed by atoms with Crippen LogP contribution in [0.3, 0.4) is 0 Å². The van der Waals surface area contributed by atoms with Gasteiger partial charge in [-0.2, -0.15) is 26.3 Å². The van der Waals surface area contributed by atoms with Crippen LogP contribution >= 0.6 is 0 Å². The summed E-state index contributed by atoms with van der Waals surface area (Å²) in [6, 6.07) is -2.21. The molecule has 0 aromatic carbocycles. The summed E-state index contributed by atoms with van der Waals surface area (Å²) < 4.78 is 109. The zero-order chi connectivity index (χ0) is 32.2. The predicted molar refractivity (Wildman–Crippen MR) is 117 cm³/mol. The van der Waals surface area contributed by atoms with Crippen LogP contribution in [-0.2, 0) is 57.2 Å². The summed E-state index contributed by atoms with van der Waals surface area (Å²) in [6.45, 7) is 3.20. The molecular weight excluding hydrogens is 598 g/mol. The van der Waals surface area contributed by atoms with Crippen LogP contribution in [0.25, 0.3) is 0 Å². The number of cyclic esters (lactones) is 1. The zero-order valence-corrected chi connectivity index (χ0v) is 22.3. The van der Waals surface area contributed by atoms with Crippen molar-refractivity contribution in [3.63, 3.8) is 0 Å². The molecule has 20 heteroatoms. The number of halogens is 6. The van der Waals surface area contributed by atoms with E-state index in [4.69, 9.17) is 23.7 Å². The van der Waals surface area contributed by atoms with Crippen LogP contribution < -0.4 is 10.6 Å². The number of alkyl halides is 6. The Bertz CT molecular complexity index is 1070. The molecule has 0 aromatic rings. The molecule has 2 rings (SSSR count). The molecule has 238 valence electrons. The van der Waals surface area contributed by atoms with Crippen LogP contribution in [0.5, 0.6) is 0 Å². The lowest BCUT2D eigenvalue weighted by Crippen LogP contribution is -2.66. The maximum Gasteiger partial charge on any atom is 0.452 e. The molecule has 2 aliphatic rings. The van der Waals surface area contributed by atoms with Gasteiger partial charge in [0.2, 0.25) is 5.91 Å². The van der Waals surface area contributed by atoms with E-state index in [1.165, 1.54) is 0 Å². The fourth-order valence-corrected chi connectivity index (χ4v) is 4.04. The van der Waals surface area contributed by atoms with Gasteiger partial charge in [0.05, 0.1) is 0 Å². The smallest absolute Gasteiger partial charge is 0.452 e. The van der Waals surface area contributed by atoms with Crippen LogP contribution in [0.15, 0.2) is 0 Å². The quantitative estimate of drug-likeness (QED) is 0.203. The Hall–Kier alpha value is -3.68. The third kappa shape index (κ3) is 8.20. The minimum atomic E-state index is -6.09. The fraction of sp³-hybridized carbons (Fsp3) is 0.727. The van der Waals surface area contributed by atoms with E-state index >= 15 is 0 Å². The van der Waals surface area contributed by atoms with Crippen molar-refractivity contribution in [2.75, 3.05) is 6.61 Å². The van der Waals surface area contributed by atoms with Crippen molar-refractivity contribution >= 4 is 35.8 Å². The lowest BCUT2D eigenvalue weighted by Gasteiger charge is -2.44. The number of carbonyl (C=O) groups is 6. The van der Waals surface area contributed by atoms with Gasteiger partial charge in [0.15, 0.2) is 24.5 Å². The SMILES string of the molecule is CC(=O)OC[C@H]1O[C@@H](NC(=O)CC[C@@H]2NC(C(F)(F)F)(C(F)(F)F)OC2=O)[C@H](OC(C)=O)[C@@H](OC(C)=O)[C@@H]1OC(C)=O. The first-order valence-corrected chi connectivity index (χ1v) is 11.9. The maximum absolute atomic E-state index is 13.2. The van der Waals surface area contributed by atoms with Gasteiger partial charge in [-0.15, -0.1) is 0 Å². The molecule has 42 heavy (non-hydrogen) atoms. The van der Waals surface area contributed by atoms with E-state index in [1.54, 1.807) is 0 Å². The van der Waals surface area contributed by atoms with Crippen LogP contribution in [0.4, 0.5) is 26.3 Å². The molecule has 0 spiro atoms. The lowest BCUT2D eigenvalue weighted by atomic mass is 9.97. The van der Waals surface area contributed by atoms with Crippen molar-refractivity contribution < 1.29 is 83.5 Å². The third-order valence-electron chi connectivity index (χ3n) is 5.67. The molecule has 0 aromatic heterocycles. The van der Waals surface area contributed by atoms with Crippen LogP contribution in [0.2, 0.25) is 0 Å². The first-order chi connectivity index (χ1) is 19.2. The molecule has 2 heterocycles. The van der Waals surface area contributed by atoms with Gasteiger partial charge in [0.1, 0.15) is 18.8 Å². The highest BCUT2D eigenvalue weighted by molar-refractivity contribution is 5.81. The summed E-state index contributed by atoms with van der Waals surface area (Å²) in [7, 11) is 0. The molecule has 14 nitrogen and oxygen atoms in total. The van der Waals surface area contributed by atoms with Crippen molar-refractivity contribution in [3.05, 3.63) is 0 Å². The maximum atomic E-state index is 13.2. The van der Waals surface area contributed by atoms with Gasteiger partial charge in [0.25, 0.3) is 0 Å². The Kier molecular flexibility index (Phi) is 10.8. The summed E-state index contributed by atoms with van der Waals surface area (Å²) in [6.07, 6.45) is -22.2. The van der Waals surface area contributed by atoms with E-state index in [2.05, 4.69) is 10.1 Å². The third-order valence-corrected chi connectivity index (χ3v) is 5.67. The summed E-state index contributed by atoms with van der Waals surface area (Å²) >= 11 is 0. The normalized spacial score (nSPS) is 27.3. The number of rotatable bonds is 9. The highest BCUT2D eigenvalue weighted by atomic mass is 19.4. The second-order valence-corrected chi connectivity index (χ2v) is 9.02. The average Bonchev–Trinajstić information content (AvgIpc) is 3.17. The van der Waals surface area contributed by atoms with Crippen molar-refractivity contribution in [3.8, 4) is 0 Å². The van der Waals surface area contributed by atoms with Crippen molar-refractivity contribution in [2.45, 2.75) is 95.3 Å². The van der Waals surface area contributed by atoms with E-state index < -0.39 is 110 Å². The largest absolute Gasteiger partial charge is 0.463 e. The molecular formula is C22H26F6N2O12. The molecule has 1 amide bonds. The molecule has 6 atom stereocenters. The van der Waals surface area contributed by atoms with Crippen LogP contribution in [0.1, 0.15) is 40.5 Å². The number of hydrogen-bond acceptors (Lipinski definition) is 13. The van der Waals surface area contributed by atoms with Crippen molar-refractivity contribution in [1.29, 1.82) is 0 Å². The standard InChI is InChI=1S/C22H26F6N2O12/c1-8(31)37-7-13-15(38-9(2)32)16(39-10(3)33)17(40-11(4)34)18(41-13)29-14(35)6-5-12-19(36)42-20(30-12,21(23,24)25)22(26,27)28/h12-13,15-18,30H,5-7H2,1-4H3,(H,29,35)/t12-,13+,15+,16-,17+,18+/m0/s1. The second-order valence-electron chi connectivity index (χ2n) is 9.02. The first-order valence-electron chi connectivity index (χ1n) is 11.9.